The van der Waals surface area contributed by atoms with Crippen molar-refractivity contribution in [1.82, 2.24) is 15.0 Å². The largest absolute Gasteiger partial charge is 0.497 e. The summed E-state index contributed by atoms with van der Waals surface area (Å²) < 4.78 is 11.4. The van der Waals surface area contributed by atoms with E-state index in [2.05, 4.69) is 36.2 Å². The van der Waals surface area contributed by atoms with Crippen molar-refractivity contribution >= 4 is 33.3 Å². The van der Waals surface area contributed by atoms with Crippen LogP contribution in [0.4, 0.5) is 17.3 Å². The number of ether oxygens (including phenoxy) is 2. The van der Waals surface area contributed by atoms with Crippen molar-refractivity contribution < 1.29 is 14.4 Å². The molecule has 1 aromatic carbocycles. The molecule has 2 aromatic heterocycles. The fourth-order valence-electron chi connectivity index (χ4n) is 2.02. The number of halogens is 1. The van der Waals surface area contributed by atoms with E-state index in [1.807, 2.05) is 0 Å². The molecule has 3 rings (SSSR count). The number of nitrogens with one attached hydrogen (secondary N) is 1. The van der Waals surface area contributed by atoms with Crippen LogP contribution in [-0.2, 0) is 0 Å². The van der Waals surface area contributed by atoms with Gasteiger partial charge in [0, 0.05) is 10.7 Å². The van der Waals surface area contributed by atoms with Crippen LogP contribution in [0.15, 0.2) is 53.4 Å². The van der Waals surface area contributed by atoms with Gasteiger partial charge in [0.2, 0.25) is 5.82 Å². The maximum atomic E-state index is 11.5. The third-order valence-corrected chi connectivity index (χ3v) is 3.69. The first kappa shape index (κ1) is 17.5. The van der Waals surface area contributed by atoms with E-state index in [-0.39, 0.29) is 11.7 Å². The predicted molar refractivity (Wildman–Crippen MR) is 97.0 cm³/mol. The first-order valence-electron chi connectivity index (χ1n) is 7.26. The SMILES string of the molecule is COc1ccc(Oc2ncnc(Nc3ccc(Br)cn3)c2[N+](=O)[O-])cc1. The number of rotatable bonds is 6. The first-order chi connectivity index (χ1) is 12.6. The van der Waals surface area contributed by atoms with Gasteiger partial charge >= 0.3 is 11.6 Å². The Morgan fingerprint density at radius 3 is 2.42 bits per heavy atom. The average Bonchev–Trinajstić information content (AvgIpc) is 2.64. The number of aromatic nitrogens is 3. The minimum atomic E-state index is -0.611. The van der Waals surface area contributed by atoms with Crippen molar-refractivity contribution in [2.45, 2.75) is 0 Å². The van der Waals surface area contributed by atoms with Crippen LogP contribution >= 0.6 is 15.9 Å². The fourth-order valence-corrected chi connectivity index (χ4v) is 2.25. The molecule has 0 unspecified atom stereocenters. The van der Waals surface area contributed by atoms with E-state index in [9.17, 15) is 10.1 Å². The van der Waals surface area contributed by atoms with Gasteiger partial charge in [-0.05, 0) is 52.3 Å². The highest BCUT2D eigenvalue weighted by atomic mass is 79.9. The molecule has 0 amide bonds. The molecule has 0 atom stereocenters. The lowest BCUT2D eigenvalue weighted by Gasteiger charge is -2.09. The van der Waals surface area contributed by atoms with Crippen molar-refractivity contribution in [1.29, 1.82) is 0 Å². The summed E-state index contributed by atoms with van der Waals surface area (Å²) in [5, 5.41) is 14.3. The van der Waals surface area contributed by atoms with E-state index in [0.29, 0.717) is 17.3 Å². The molecule has 0 saturated heterocycles. The standard InChI is InChI=1S/C16H12BrN5O4/c1-25-11-3-5-12(6-4-11)26-16-14(22(23)24)15(19-9-20-16)21-13-7-2-10(17)8-18-13/h2-9H,1H3,(H,18,19,20,21). The quantitative estimate of drug-likeness (QED) is 0.471. The molecule has 1 N–H and O–H groups in total. The average molecular weight is 418 g/mol. The second kappa shape index (κ2) is 7.74. The molecule has 0 aliphatic carbocycles. The van der Waals surface area contributed by atoms with E-state index >= 15 is 0 Å². The zero-order valence-corrected chi connectivity index (χ0v) is 15.0. The van der Waals surface area contributed by atoms with Gasteiger partial charge in [-0.1, -0.05) is 0 Å². The normalized spacial score (nSPS) is 10.2. The molecule has 0 saturated carbocycles. The Bertz CT molecular complexity index is 919. The zero-order valence-electron chi connectivity index (χ0n) is 13.4. The van der Waals surface area contributed by atoms with Crippen LogP contribution in [0.2, 0.25) is 0 Å². The molecule has 0 radical (unpaired) electrons. The lowest BCUT2D eigenvalue weighted by atomic mass is 10.3. The van der Waals surface area contributed by atoms with Gasteiger partial charge in [0.1, 0.15) is 23.6 Å². The number of benzene rings is 1. The molecule has 9 nitrogen and oxygen atoms in total. The molecule has 0 spiro atoms. The fraction of sp³-hybridized carbons (Fsp3) is 0.0625. The summed E-state index contributed by atoms with van der Waals surface area (Å²) in [4.78, 5) is 22.8. The third-order valence-electron chi connectivity index (χ3n) is 3.22. The maximum Gasteiger partial charge on any atom is 0.373 e. The lowest BCUT2D eigenvalue weighted by molar-refractivity contribution is -0.385. The summed E-state index contributed by atoms with van der Waals surface area (Å²) in [7, 11) is 1.54. The predicted octanol–water partition coefficient (Wildman–Crippen LogP) is 4.09. The van der Waals surface area contributed by atoms with Crippen LogP contribution in [0.3, 0.4) is 0 Å². The zero-order chi connectivity index (χ0) is 18.5. The number of anilines is 2. The van der Waals surface area contributed by atoms with Gasteiger partial charge in [-0.15, -0.1) is 0 Å². The van der Waals surface area contributed by atoms with E-state index in [1.165, 1.54) is 6.33 Å². The Labute approximate surface area is 156 Å². The van der Waals surface area contributed by atoms with Crippen LogP contribution in [-0.4, -0.2) is 27.0 Å². The molecule has 0 aliphatic rings. The van der Waals surface area contributed by atoms with Gasteiger partial charge in [-0.3, -0.25) is 10.1 Å². The summed E-state index contributed by atoms with van der Waals surface area (Å²) in [6, 6.07) is 9.99. The van der Waals surface area contributed by atoms with Crippen LogP contribution < -0.4 is 14.8 Å². The van der Waals surface area contributed by atoms with Gasteiger partial charge in [-0.2, -0.15) is 4.98 Å². The van der Waals surface area contributed by atoms with E-state index in [1.54, 1.807) is 49.7 Å². The highest BCUT2D eigenvalue weighted by molar-refractivity contribution is 9.10. The number of pyridine rings is 1. The molecule has 3 aromatic rings. The summed E-state index contributed by atoms with van der Waals surface area (Å²) in [5.74, 6) is 1.20. The summed E-state index contributed by atoms with van der Waals surface area (Å²) in [6.07, 6.45) is 2.73. The summed E-state index contributed by atoms with van der Waals surface area (Å²) in [5.41, 5.74) is -0.395. The Morgan fingerprint density at radius 2 is 1.81 bits per heavy atom. The smallest absolute Gasteiger partial charge is 0.373 e. The van der Waals surface area contributed by atoms with Gasteiger partial charge in [-0.25, -0.2) is 9.97 Å². The second-order valence-corrected chi connectivity index (χ2v) is 5.81. The van der Waals surface area contributed by atoms with Crippen LogP contribution in [0.1, 0.15) is 0 Å². The van der Waals surface area contributed by atoms with Crippen molar-refractivity contribution in [3.05, 3.63) is 63.5 Å². The molecule has 0 aliphatic heterocycles. The Hall–Kier alpha value is -3.27. The first-order valence-corrected chi connectivity index (χ1v) is 8.06. The Balaban J connectivity index is 1.92. The molecule has 10 heteroatoms. The number of nitro groups is 1. The summed E-state index contributed by atoms with van der Waals surface area (Å²) >= 11 is 3.27. The topological polar surface area (TPSA) is 112 Å². The number of hydrogen-bond acceptors (Lipinski definition) is 8. The molecule has 26 heavy (non-hydrogen) atoms. The maximum absolute atomic E-state index is 11.5. The molecular formula is C16H12BrN5O4. The van der Waals surface area contributed by atoms with E-state index in [0.717, 1.165) is 4.47 Å². The van der Waals surface area contributed by atoms with E-state index in [4.69, 9.17) is 9.47 Å². The highest BCUT2D eigenvalue weighted by Gasteiger charge is 2.25. The number of hydrogen-bond donors (Lipinski definition) is 1. The van der Waals surface area contributed by atoms with Gasteiger partial charge < -0.3 is 14.8 Å². The van der Waals surface area contributed by atoms with E-state index < -0.39 is 10.6 Å². The Kier molecular flexibility index (Phi) is 5.23. The molecule has 132 valence electrons. The second-order valence-electron chi connectivity index (χ2n) is 4.90. The van der Waals surface area contributed by atoms with Crippen LogP contribution in [0.25, 0.3) is 0 Å². The van der Waals surface area contributed by atoms with Crippen molar-refractivity contribution in [2.75, 3.05) is 12.4 Å². The molecular weight excluding hydrogens is 406 g/mol. The number of methoxy groups -OCH3 is 1. The van der Waals surface area contributed by atoms with Crippen molar-refractivity contribution in [2.24, 2.45) is 0 Å². The lowest BCUT2D eigenvalue weighted by Crippen LogP contribution is -2.04. The van der Waals surface area contributed by atoms with Crippen molar-refractivity contribution in [3.8, 4) is 17.4 Å². The van der Waals surface area contributed by atoms with Gasteiger partial charge in [0.15, 0.2) is 0 Å². The Morgan fingerprint density at radius 1 is 1.08 bits per heavy atom. The molecule has 0 bridgehead atoms. The molecule has 0 fully saturated rings. The van der Waals surface area contributed by atoms with Crippen molar-refractivity contribution in [3.63, 3.8) is 0 Å². The highest BCUT2D eigenvalue weighted by Crippen LogP contribution is 2.35. The third kappa shape index (κ3) is 4.03. The minimum Gasteiger partial charge on any atom is -0.497 e. The summed E-state index contributed by atoms with van der Waals surface area (Å²) in [6.45, 7) is 0. The monoisotopic (exact) mass is 417 g/mol. The van der Waals surface area contributed by atoms with Crippen LogP contribution in [0, 0.1) is 10.1 Å². The number of nitrogens with zero attached hydrogens (tertiary/aromatic N) is 4. The van der Waals surface area contributed by atoms with Gasteiger partial charge in [0.25, 0.3) is 0 Å². The van der Waals surface area contributed by atoms with Gasteiger partial charge in [0.05, 0.1) is 12.0 Å². The van der Waals surface area contributed by atoms with Crippen LogP contribution in [0.5, 0.6) is 17.4 Å². The minimum absolute atomic E-state index is 0.0247. The molecule has 2 heterocycles.